The van der Waals surface area contributed by atoms with Gasteiger partial charge in [-0.2, -0.15) is 0 Å². The molecule has 0 saturated heterocycles. The molecular weight excluding hydrogens is 418 g/mol. The fraction of sp³-hybridized carbons (Fsp3) is 0.308. The molecule has 1 heterocycles. The van der Waals surface area contributed by atoms with Crippen molar-refractivity contribution in [2.45, 2.75) is 28.9 Å². The second-order valence-electron chi connectivity index (χ2n) is 8.13. The average molecular weight is 452 g/mol. The Morgan fingerprint density at radius 1 is 0.938 bits per heavy atom. The van der Waals surface area contributed by atoms with Crippen molar-refractivity contribution in [3.63, 3.8) is 0 Å². The minimum absolute atomic E-state index is 0.183. The molecule has 6 heteroatoms. The number of benzene rings is 3. The van der Waals surface area contributed by atoms with Gasteiger partial charge in [-0.1, -0.05) is 48.2 Å². The van der Waals surface area contributed by atoms with Gasteiger partial charge in [-0.15, -0.1) is 0 Å². The summed E-state index contributed by atoms with van der Waals surface area (Å²) >= 11 is 1.87. The molecule has 170 valence electrons. The number of para-hydroxylation sites is 2. The molecule has 4 rings (SSSR count). The number of aliphatic hydroxyl groups excluding tert-OH is 1. The van der Waals surface area contributed by atoms with Crippen LogP contribution in [-0.2, 0) is 0 Å². The minimum atomic E-state index is -0.554. The number of fused-ring (bicyclic) bond motifs is 2. The van der Waals surface area contributed by atoms with Crippen LogP contribution in [0.15, 0.2) is 82.6 Å². The lowest BCUT2D eigenvalue weighted by molar-refractivity contribution is 0.177. The number of nitrogens with one attached hydrogen (secondary N) is 1. The molecule has 32 heavy (non-hydrogen) atoms. The number of anilines is 2. The summed E-state index contributed by atoms with van der Waals surface area (Å²) in [6.07, 6.45) is -0.554. The number of rotatable bonds is 6. The predicted molar refractivity (Wildman–Crippen MR) is 134 cm³/mol. The number of aliphatic hydroxyl groups is 1. The smallest absolute Gasteiger partial charge is 0.115 e. The third-order valence-corrected chi connectivity index (χ3v) is 6.64. The summed E-state index contributed by atoms with van der Waals surface area (Å²) < 4.78 is 0. The van der Waals surface area contributed by atoms with E-state index < -0.39 is 6.10 Å². The molecule has 0 saturated carbocycles. The van der Waals surface area contributed by atoms with Gasteiger partial charge in [0.2, 0.25) is 0 Å². The van der Waals surface area contributed by atoms with Crippen molar-refractivity contribution in [2.75, 3.05) is 39.1 Å². The zero-order valence-electron chi connectivity index (χ0n) is 19.2. The highest BCUT2D eigenvalue weighted by atomic mass is 32.2. The lowest BCUT2D eigenvalue weighted by atomic mass is 10.1. The predicted octanol–water partition coefficient (Wildman–Crippen LogP) is 4.88. The van der Waals surface area contributed by atoms with E-state index in [1.54, 1.807) is 31.3 Å². The normalized spacial score (nSPS) is 14.1. The third-order valence-electron chi connectivity index (χ3n) is 5.51. The highest BCUT2D eigenvalue weighted by molar-refractivity contribution is 7.99. The van der Waals surface area contributed by atoms with Gasteiger partial charge in [-0.25, -0.2) is 0 Å². The van der Waals surface area contributed by atoms with Crippen molar-refractivity contribution in [3.8, 4) is 5.75 Å². The van der Waals surface area contributed by atoms with Gasteiger partial charge < -0.3 is 25.3 Å². The van der Waals surface area contributed by atoms with Gasteiger partial charge in [0.05, 0.1) is 17.5 Å². The number of likely N-dealkylation sites (N-methyl/N-ethyl adjacent to an activating group) is 2. The molecule has 0 amide bonds. The van der Waals surface area contributed by atoms with Gasteiger partial charge in [-0.3, -0.25) is 0 Å². The maximum Gasteiger partial charge on any atom is 0.115 e. The van der Waals surface area contributed by atoms with E-state index in [1.807, 2.05) is 11.8 Å². The van der Waals surface area contributed by atoms with Gasteiger partial charge in [0, 0.05) is 28.9 Å². The Kier molecular flexibility index (Phi) is 8.59. The molecule has 3 aromatic carbocycles. The number of hydrogen-bond acceptors (Lipinski definition) is 6. The van der Waals surface area contributed by atoms with Crippen LogP contribution in [0.1, 0.15) is 18.6 Å². The number of phenolic OH excluding ortho intramolecular Hbond substituents is 1. The molecule has 0 aliphatic carbocycles. The maximum absolute atomic E-state index is 9.47. The largest absolute Gasteiger partial charge is 0.508 e. The molecule has 1 aliphatic heterocycles. The fourth-order valence-corrected chi connectivity index (χ4v) is 4.54. The van der Waals surface area contributed by atoms with Crippen molar-refractivity contribution in [1.29, 1.82) is 0 Å². The molecule has 3 N–H and O–H groups in total. The van der Waals surface area contributed by atoms with Gasteiger partial charge in [0.15, 0.2) is 0 Å². The van der Waals surface area contributed by atoms with Crippen molar-refractivity contribution in [1.82, 2.24) is 10.2 Å². The van der Waals surface area contributed by atoms with E-state index in [0.29, 0.717) is 12.6 Å². The lowest BCUT2D eigenvalue weighted by Gasteiger charge is -2.36. The zero-order chi connectivity index (χ0) is 23.1. The molecule has 0 spiro atoms. The number of hydrogen-bond donors (Lipinski definition) is 3. The Labute approximate surface area is 195 Å². The topological polar surface area (TPSA) is 59.0 Å². The molecule has 0 fully saturated rings. The van der Waals surface area contributed by atoms with Crippen LogP contribution in [-0.4, -0.2) is 55.4 Å². The van der Waals surface area contributed by atoms with E-state index in [4.69, 9.17) is 5.11 Å². The summed E-state index contributed by atoms with van der Waals surface area (Å²) in [5.74, 6) is 0.183. The Balaban J connectivity index is 0.000000207. The molecule has 0 aromatic heterocycles. The SMILES string of the molecule is CC(CN1c2ccccc2Sc2ccccc21)N(C)C.CNC[C@H](O)c1cccc(O)c1. The highest BCUT2D eigenvalue weighted by Crippen LogP contribution is 2.47. The first-order valence-corrected chi connectivity index (χ1v) is 11.6. The summed E-state index contributed by atoms with van der Waals surface area (Å²) in [5, 5.41) is 21.4. The molecule has 1 unspecified atom stereocenters. The number of phenols is 1. The summed E-state index contributed by atoms with van der Waals surface area (Å²) in [7, 11) is 6.05. The Bertz CT molecular complexity index is 966. The van der Waals surface area contributed by atoms with E-state index in [2.05, 4.69) is 84.7 Å². The summed E-state index contributed by atoms with van der Waals surface area (Å²) in [5.41, 5.74) is 3.37. The van der Waals surface area contributed by atoms with Crippen LogP contribution in [0.2, 0.25) is 0 Å². The van der Waals surface area contributed by atoms with Crippen LogP contribution in [0.4, 0.5) is 11.4 Å². The molecule has 0 radical (unpaired) electrons. The number of nitrogens with zero attached hydrogens (tertiary/aromatic N) is 2. The van der Waals surface area contributed by atoms with Crippen LogP contribution in [0.25, 0.3) is 0 Å². The number of aromatic hydroxyl groups is 1. The van der Waals surface area contributed by atoms with E-state index in [1.165, 1.54) is 21.2 Å². The van der Waals surface area contributed by atoms with Gasteiger partial charge in [0.25, 0.3) is 0 Å². The Morgan fingerprint density at radius 2 is 1.53 bits per heavy atom. The minimum Gasteiger partial charge on any atom is -0.508 e. The van der Waals surface area contributed by atoms with E-state index >= 15 is 0 Å². The summed E-state index contributed by atoms with van der Waals surface area (Å²) in [6.45, 7) is 3.76. The van der Waals surface area contributed by atoms with E-state index in [-0.39, 0.29) is 5.75 Å². The van der Waals surface area contributed by atoms with Crippen LogP contribution in [0.5, 0.6) is 5.75 Å². The zero-order valence-corrected chi connectivity index (χ0v) is 20.0. The van der Waals surface area contributed by atoms with Crippen molar-refractivity contribution < 1.29 is 10.2 Å². The van der Waals surface area contributed by atoms with Crippen LogP contribution < -0.4 is 10.2 Å². The van der Waals surface area contributed by atoms with E-state index in [9.17, 15) is 5.11 Å². The summed E-state index contributed by atoms with van der Waals surface area (Å²) in [6, 6.07) is 24.5. The first-order chi connectivity index (χ1) is 15.4. The standard InChI is InChI=1S/C17H20N2S.C9H13NO2/c1-13(18(2)3)12-19-14-8-4-6-10-16(14)20-17-11-7-5-9-15(17)19;1-10-6-9(12)7-3-2-4-8(11)5-7/h4-11,13H,12H2,1-3H3;2-5,9-12H,6H2,1H3/t;9-/m.0/s1. The summed E-state index contributed by atoms with van der Waals surface area (Å²) in [4.78, 5) is 7.41. The molecule has 5 nitrogen and oxygen atoms in total. The second-order valence-corrected chi connectivity index (χ2v) is 9.21. The quantitative estimate of drug-likeness (QED) is 0.496. The van der Waals surface area contributed by atoms with Crippen molar-refractivity contribution in [2.24, 2.45) is 0 Å². The van der Waals surface area contributed by atoms with Gasteiger partial charge in [-0.05, 0) is 70.0 Å². The molecule has 1 aliphatic rings. The van der Waals surface area contributed by atoms with Crippen molar-refractivity contribution in [3.05, 3.63) is 78.4 Å². The Hall–Kier alpha value is -2.51. The lowest BCUT2D eigenvalue weighted by Crippen LogP contribution is -2.37. The van der Waals surface area contributed by atoms with Gasteiger partial charge in [0.1, 0.15) is 5.75 Å². The fourth-order valence-electron chi connectivity index (χ4n) is 3.45. The van der Waals surface area contributed by atoms with Crippen LogP contribution >= 0.6 is 11.8 Å². The second kappa shape index (κ2) is 11.4. The first kappa shape index (κ1) is 24.1. The van der Waals surface area contributed by atoms with Crippen molar-refractivity contribution >= 4 is 23.1 Å². The molecule has 2 atom stereocenters. The maximum atomic E-state index is 9.47. The van der Waals surface area contributed by atoms with E-state index in [0.717, 1.165) is 12.1 Å². The molecule has 0 bridgehead atoms. The average Bonchev–Trinajstić information content (AvgIpc) is 2.79. The Morgan fingerprint density at radius 3 is 2.06 bits per heavy atom. The van der Waals surface area contributed by atoms with Crippen LogP contribution in [0, 0.1) is 0 Å². The van der Waals surface area contributed by atoms with Gasteiger partial charge >= 0.3 is 0 Å². The highest BCUT2D eigenvalue weighted by Gasteiger charge is 2.24. The van der Waals surface area contributed by atoms with Crippen LogP contribution in [0.3, 0.4) is 0 Å². The molecule has 3 aromatic rings. The monoisotopic (exact) mass is 451 g/mol. The first-order valence-electron chi connectivity index (χ1n) is 10.8. The molecular formula is C26H33N3O2S. The third kappa shape index (κ3) is 6.04.